The molecule has 0 aliphatic heterocycles. The van der Waals surface area contributed by atoms with Crippen LogP contribution in [0.4, 0.5) is 11.5 Å². The van der Waals surface area contributed by atoms with Crippen LogP contribution in [0, 0.1) is 0 Å². The van der Waals surface area contributed by atoms with Crippen LogP contribution >= 0.6 is 23.2 Å². The van der Waals surface area contributed by atoms with E-state index in [9.17, 15) is 9.59 Å². The van der Waals surface area contributed by atoms with Gasteiger partial charge in [-0.15, -0.1) is 0 Å². The van der Waals surface area contributed by atoms with Gasteiger partial charge in [0.25, 0.3) is 5.56 Å². The van der Waals surface area contributed by atoms with Gasteiger partial charge < -0.3 is 15.6 Å². The number of halogens is 2. The maximum absolute atomic E-state index is 13.6. The summed E-state index contributed by atoms with van der Waals surface area (Å²) in [6, 6.07) is 21.8. The number of benzene rings is 3. The van der Waals surface area contributed by atoms with Gasteiger partial charge in [0.2, 0.25) is 5.91 Å². The average molecular weight is 576 g/mol. The van der Waals surface area contributed by atoms with E-state index in [1.165, 1.54) is 28.2 Å². The van der Waals surface area contributed by atoms with Gasteiger partial charge >= 0.3 is 0 Å². The van der Waals surface area contributed by atoms with Crippen molar-refractivity contribution in [1.29, 1.82) is 0 Å². The minimum absolute atomic E-state index is 0.0403. The molecule has 12 heteroatoms. The predicted octanol–water partition coefficient (Wildman–Crippen LogP) is 4.80. The number of nitrogens with zero attached hydrogens (tertiary/aromatic N) is 4. The van der Waals surface area contributed by atoms with Gasteiger partial charge in [-0.3, -0.25) is 19.2 Å². The molecule has 5 aromatic rings. The van der Waals surface area contributed by atoms with Crippen LogP contribution < -0.4 is 27.5 Å². The van der Waals surface area contributed by atoms with E-state index in [1.807, 2.05) is 36.4 Å². The molecule has 0 bridgehead atoms. The number of hydrogen-bond acceptors (Lipinski definition) is 8. The van der Waals surface area contributed by atoms with Crippen LogP contribution in [0.15, 0.2) is 106 Å². The first kappa shape index (κ1) is 26.9. The highest BCUT2D eigenvalue weighted by Crippen LogP contribution is 2.31. The van der Waals surface area contributed by atoms with Crippen LogP contribution in [0.25, 0.3) is 22.2 Å². The third-order valence-corrected chi connectivity index (χ3v) is 6.47. The fourth-order valence-electron chi connectivity index (χ4n) is 4.26. The van der Waals surface area contributed by atoms with Gasteiger partial charge in [-0.05, 0) is 35.9 Å². The number of amides is 1. The third-order valence-electron chi connectivity index (χ3n) is 6.14. The third kappa shape index (κ3) is 5.84. The van der Waals surface area contributed by atoms with Crippen molar-refractivity contribution in [2.24, 2.45) is 11.6 Å². The Labute approximate surface area is 238 Å². The average Bonchev–Trinajstić information content (AvgIpc) is 3.34. The molecule has 2 heterocycles. The molecule has 0 aliphatic carbocycles. The fourth-order valence-corrected chi connectivity index (χ4v) is 4.54. The van der Waals surface area contributed by atoms with Gasteiger partial charge in [0.15, 0.2) is 11.4 Å². The number of carbonyl (C=O) groups is 1. The zero-order chi connectivity index (χ0) is 28.2. The molecule has 0 fully saturated rings. The number of rotatable bonds is 8. The van der Waals surface area contributed by atoms with Crippen molar-refractivity contribution in [3.63, 3.8) is 0 Å². The smallest absolute Gasteiger partial charge is 0.254 e. The molecule has 40 heavy (non-hydrogen) atoms. The van der Waals surface area contributed by atoms with Gasteiger partial charge in [0.1, 0.15) is 11.2 Å². The molecule has 3 aromatic carbocycles. The summed E-state index contributed by atoms with van der Waals surface area (Å²) in [5, 5.41) is 9.00. The molecule has 5 N–H and O–H groups in total. The van der Waals surface area contributed by atoms with Crippen molar-refractivity contribution in [2.45, 2.75) is 12.5 Å². The monoisotopic (exact) mass is 575 g/mol. The Hall–Kier alpha value is -4.64. The molecular formula is C28H23Cl2N7O3. The quantitative estimate of drug-likeness (QED) is 0.136. The SMILES string of the molecule is N/C(Cl)=C\N(N)c1ccc(Cl)cc1-c1cc(=O)n(C(Cc2ccccc2)C(=O)Nc2noc3ccccc23)cn1. The van der Waals surface area contributed by atoms with Crippen molar-refractivity contribution in [3.8, 4) is 11.3 Å². The van der Waals surface area contributed by atoms with E-state index in [0.29, 0.717) is 27.2 Å². The molecule has 0 spiro atoms. The first-order chi connectivity index (χ1) is 19.3. The molecule has 2 aromatic heterocycles. The molecule has 1 atom stereocenters. The Balaban J connectivity index is 1.53. The predicted molar refractivity (Wildman–Crippen MR) is 156 cm³/mol. The second-order valence-electron chi connectivity index (χ2n) is 8.82. The highest BCUT2D eigenvalue weighted by atomic mass is 35.5. The molecule has 0 saturated carbocycles. The van der Waals surface area contributed by atoms with Gasteiger partial charge in [0.05, 0.1) is 29.3 Å². The van der Waals surface area contributed by atoms with Crippen molar-refractivity contribution >= 4 is 51.6 Å². The zero-order valence-electron chi connectivity index (χ0n) is 20.9. The first-order valence-electron chi connectivity index (χ1n) is 12.0. The van der Waals surface area contributed by atoms with Crippen molar-refractivity contribution < 1.29 is 9.32 Å². The number of hydrogen-bond donors (Lipinski definition) is 3. The Morgan fingerprint density at radius 2 is 1.85 bits per heavy atom. The summed E-state index contributed by atoms with van der Waals surface area (Å²) >= 11 is 12.0. The Kier molecular flexibility index (Phi) is 7.83. The van der Waals surface area contributed by atoms with Crippen LogP contribution in [0.5, 0.6) is 0 Å². The molecule has 10 nitrogen and oxygen atoms in total. The lowest BCUT2D eigenvalue weighted by atomic mass is 10.0. The maximum atomic E-state index is 13.6. The van der Waals surface area contributed by atoms with Crippen LogP contribution in [-0.4, -0.2) is 20.6 Å². The maximum Gasteiger partial charge on any atom is 0.254 e. The number of carbonyl (C=O) groups excluding carboxylic acids is 1. The Morgan fingerprint density at radius 1 is 1.10 bits per heavy atom. The largest absolute Gasteiger partial charge is 0.388 e. The molecule has 5 rings (SSSR count). The molecule has 0 aliphatic rings. The van der Waals surface area contributed by atoms with Gasteiger partial charge in [0, 0.05) is 23.1 Å². The summed E-state index contributed by atoms with van der Waals surface area (Å²) < 4.78 is 6.59. The molecule has 0 radical (unpaired) electrons. The second-order valence-corrected chi connectivity index (χ2v) is 9.70. The summed E-state index contributed by atoms with van der Waals surface area (Å²) in [6.07, 6.45) is 2.86. The normalized spacial score (nSPS) is 12.3. The van der Waals surface area contributed by atoms with E-state index in [0.717, 1.165) is 5.56 Å². The van der Waals surface area contributed by atoms with E-state index in [2.05, 4.69) is 15.5 Å². The van der Waals surface area contributed by atoms with Crippen LogP contribution in [-0.2, 0) is 11.2 Å². The topological polar surface area (TPSA) is 145 Å². The van der Waals surface area contributed by atoms with E-state index in [4.69, 9.17) is 39.3 Å². The molecular weight excluding hydrogens is 553 g/mol. The van der Waals surface area contributed by atoms with E-state index < -0.39 is 17.5 Å². The standard InChI is InChI=1S/C28H23Cl2N7O3/c29-18-10-11-22(37(32)15-25(30)31)20(13-18)21-14-26(38)36(16-33-21)23(12-17-6-2-1-3-7-17)28(39)34-27-19-8-4-5-9-24(19)40-35-27/h1-11,13-16,23H,12,31-32H2,(H,34,35,39)/b25-15-. The van der Waals surface area contributed by atoms with Gasteiger partial charge in [-0.2, -0.15) is 0 Å². The van der Waals surface area contributed by atoms with Crippen LogP contribution in [0.3, 0.4) is 0 Å². The van der Waals surface area contributed by atoms with Gasteiger partial charge in [-0.1, -0.05) is 70.8 Å². The van der Waals surface area contributed by atoms with Crippen molar-refractivity contribution in [3.05, 3.63) is 117 Å². The van der Waals surface area contributed by atoms with Crippen LogP contribution in [0.1, 0.15) is 11.6 Å². The summed E-state index contributed by atoms with van der Waals surface area (Å²) in [6.45, 7) is 0. The molecule has 1 amide bonds. The van der Waals surface area contributed by atoms with E-state index in [1.54, 1.807) is 36.4 Å². The summed E-state index contributed by atoms with van der Waals surface area (Å²) in [4.78, 5) is 31.6. The number of nitrogens with one attached hydrogen (secondary N) is 1. The lowest BCUT2D eigenvalue weighted by Crippen LogP contribution is -2.35. The number of anilines is 2. The molecule has 202 valence electrons. The molecule has 0 saturated heterocycles. The summed E-state index contributed by atoms with van der Waals surface area (Å²) in [7, 11) is 0. The van der Waals surface area contributed by atoms with E-state index >= 15 is 0 Å². The number of nitrogens with two attached hydrogens (primary N) is 2. The van der Waals surface area contributed by atoms with Gasteiger partial charge in [-0.25, -0.2) is 10.8 Å². The lowest BCUT2D eigenvalue weighted by molar-refractivity contribution is -0.119. The fraction of sp³-hybridized carbons (Fsp3) is 0.0714. The van der Waals surface area contributed by atoms with E-state index in [-0.39, 0.29) is 23.1 Å². The minimum Gasteiger partial charge on any atom is -0.388 e. The Morgan fingerprint density at radius 3 is 2.60 bits per heavy atom. The minimum atomic E-state index is -0.948. The van der Waals surface area contributed by atoms with Crippen molar-refractivity contribution in [1.82, 2.24) is 14.7 Å². The number of hydrazine groups is 1. The summed E-state index contributed by atoms with van der Waals surface area (Å²) in [5.74, 6) is 5.90. The Bertz CT molecular complexity index is 1770. The highest BCUT2D eigenvalue weighted by molar-refractivity contribution is 6.31. The highest BCUT2D eigenvalue weighted by Gasteiger charge is 2.25. The van der Waals surface area contributed by atoms with Crippen LogP contribution in [0.2, 0.25) is 5.02 Å². The number of aromatic nitrogens is 3. The van der Waals surface area contributed by atoms with Crippen molar-refractivity contribution in [2.75, 3.05) is 10.3 Å². The number of para-hydroxylation sites is 1. The number of fused-ring (bicyclic) bond motifs is 1. The lowest BCUT2D eigenvalue weighted by Gasteiger charge is -2.20. The zero-order valence-corrected chi connectivity index (χ0v) is 22.4. The second kappa shape index (κ2) is 11.6. The summed E-state index contributed by atoms with van der Waals surface area (Å²) in [5.41, 5.74) is 7.68. The molecule has 1 unspecified atom stereocenters. The first-order valence-corrected chi connectivity index (χ1v) is 12.8.